The highest BCUT2D eigenvalue weighted by molar-refractivity contribution is 4.46. The highest BCUT2D eigenvalue weighted by Crippen LogP contribution is 1.88. The first-order chi connectivity index (χ1) is 10.9. The average molecular weight is 372 g/mol. The molecular formula is C4H16N6O14. The van der Waals surface area contributed by atoms with Crippen molar-refractivity contribution < 1.29 is 72.4 Å². The van der Waals surface area contributed by atoms with Gasteiger partial charge in [0.1, 0.15) is 0 Å². The predicted molar refractivity (Wildman–Crippen MR) is 54.1 cm³/mol. The summed E-state index contributed by atoms with van der Waals surface area (Å²) in [5.74, 6) is -7.09. The van der Waals surface area contributed by atoms with Gasteiger partial charge in [0.2, 0.25) is 0 Å². The van der Waals surface area contributed by atoms with E-state index in [0.717, 1.165) is 0 Å². The second-order valence-corrected chi connectivity index (χ2v) is 4.17. The van der Waals surface area contributed by atoms with Gasteiger partial charge in [-0.05, 0) is 0 Å². The van der Waals surface area contributed by atoms with Crippen molar-refractivity contribution in [2.24, 2.45) is 0 Å². The van der Waals surface area contributed by atoms with Gasteiger partial charge in [-0.15, -0.1) is 31.4 Å². The van der Waals surface area contributed by atoms with Gasteiger partial charge in [0.25, 0.3) is 13.2 Å². The van der Waals surface area contributed by atoms with Gasteiger partial charge in [0.15, 0.2) is 0 Å². The Morgan fingerprint density at radius 1 is 0.500 bits per heavy atom. The minimum atomic E-state index is -3.54. The minimum Gasteiger partial charge on any atom is -0.590 e. The molecule has 0 aliphatic rings. The molecule has 0 aliphatic carbocycles. The third kappa shape index (κ3) is 4.43. The molecule has 0 fully saturated rings. The summed E-state index contributed by atoms with van der Waals surface area (Å²) in [7, 11) is 0. The smallest absolute Gasteiger partial charge is 0.461 e. The molecule has 20 heteroatoms. The molecule has 0 heterocycles. The standard InChI is InChI=1S/C4H16N6O14/c11-5(12)3(6(13)14,7(15)16)1-23-24-2-4(8(17)18,9(19)20)10(21)22/h5-11,13,15,17,19,21H,1-2H2. The second kappa shape index (κ2) is 9.05. The van der Waals surface area contributed by atoms with E-state index in [1.807, 2.05) is 0 Å². The molecule has 0 aliphatic heterocycles. The molecule has 0 bridgehead atoms. The van der Waals surface area contributed by atoms with E-state index < -0.39 is 56.1 Å². The van der Waals surface area contributed by atoms with Crippen molar-refractivity contribution >= 4 is 0 Å². The Balaban J connectivity index is 5.07. The van der Waals surface area contributed by atoms with Crippen LogP contribution in [0.2, 0.25) is 0 Å². The number of hydroxylamine groups is 12. The lowest BCUT2D eigenvalue weighted by atomic mass is 10.4. The highest BCUT2D eigenvalue weighted by Gasteiger charge is 2.56. The summed E-state index contributed by atoms with van der Waals surface area (Å²) in [5, 5.41) is 103. The van der Waals surface area contributed by atoms with Crippen molar-refractivity contribution in [2.45, 2.75) is 11.6 Å². The zero-order valence-corrected chi connectivity index (χ0v) is 11.4. The first kappa shape index (κ1) is 23.2. The van der Waals surface area contributed by atoms with Gasteiger partial charge in [-0.2, -0.15) is 0 Å². The highest BCUT2D eigenvalue weighted by atomic mass is 17.2. The van der Waals surface area contributed by atoms with Crippen molar-refractivity contribution in [1.29, 1.82) is 0 Å². The zero-order valence-electron chi connectivity index (χ0n) is 11.4. The van der Waals surface area contributed by atoms with E-state index in [1.165, 1.54) is 0 Å². The molecule has 0 spiro atoms. The van der Waals surface area contributed by atoms with Crippen LogP contribution in [0.1, 0.15) is 0 Å². The number of hydrogen-bond donors (Lipinski definition) is 12. The summed E-state index contributed by atoms with van der Waals surface area (Å²) in [6.45, 7) is -3.41. The largest absolute Gasteiger partial charge is 0.590 e. The topological polar surface area (TPSA) is 305 Å². The van der Waals surface area contributed by atoms with Crippen LogP contribution in [0.5, 0.6) is 0 Å². The van der Waals surface area contributed by atoms with Crippen LogP contribution in [0.25, 0.3) is 0 Å². The van der Waals surface area contributed by atoms with E-state index >= 15 is 0 Å². The van der Waals surface area contributed by atoms with Gasteiger partial charge in [0.05, 0.1) is 0 Å². The molecule has 24 heavy (non-hydrogen) atoms. The maximum Gasteiger partial charge on any atom is 0.461 e. The Morgan fingerprint density at radius 3 is 0.792 bits per heavy atom. The minimum absolute atomic E-state index is 1.71. The summed E-state index contributed by atoms with van der Waals surface area (Å²) in [4.78, 5) is 7.91. The van der Waals surface area contributed by atoms with Gasteiger partial charge in [-0.25, -0.2) is 41.0 Å². The molecule has 0 rings (SSSR count). The van der Waals surface area contributed by atoms with Gasteiger partial charge in [-0.3, -0.25) is 0 Å². The van der Waals surface area contributed by atoms with Crippen molar-refractivity contribution in [3.8, 4) is 0 Å². The summed E-state index contributed by atoms with van der Waals surface area (Å²) < 4.78 is 0. The molecule has 6 unspecified atom stereocenters. The molecule has 6 atom stereocenters. The van der Waals surface area contributed by atoms with Gasteiger partial charge in [-0.1, -0.05) is 0 Å². The molecular weight excluding hydrogens is 356 g/mol. The van der Waals surface area contributed by atoms with Crippen molar-refractivity contribution in [2.75, 3.05) is 13.2 Å². The fourth-order valence-corrected chi connectivity index (χ4v) is 1.18. The van der Waals surface area contributed by atoms with Crippen LogP contribution in [0.15, 0.2) is 0 Å². The molecule has 12 N–H and O–H groups in total. The van der Waals surface area contributed by atoms with Crippen molar-refractivity contribution in [1.82, 2.24) is 0 Å². The van der Waals surface area contributed by atoms with Crippen LogP contribution in [0, 0.1) is 31.2 Å². The molecule has 0 amide bonds. The predicted octanol–water partition coefficient (Wildman–Crippen LogP) is -11.1. The molecule has 0 aromatic rings. The number of quaternary nitrogens is 6. The Bertz CT molecular complexity index is 286. The Labute approximate surface area is 130 Å². The van der Waals surface area contributed by atoms with Gasteiger partial charge in [0, 0.05) is 0 Å². The van der Waals surface area contributed by atoms with E-state index in [4.69, 9.17) is 31.2 Å². The van der Waals surface area contributed by atoms with Crippen molar-refractivity contribution in [3.05, 3.63) is 31.2 Å². The van der Waals surface area contributed by atoms with Crippen LogP contribution in [-0.4, -0.2) is 56.0 Å². The fourth-order valence-electron chi connectivity index (χ4n) is 1.18. The van der Waals surface area contributed by atoms with Gasteiger partial charge < -0.3 is 31.2 Å². The Hall–Kier alpha value is -0.800. The quantitative estimate of drug-likeness (QED) is 0.0693. The number of hydrogen-bond acceptors (Lipinski definition) is 14. The summed E-state index contributed by atoms with van der Waals surface area (Å²) in [6.07, 6.45) is 0. The van der Waals surface area contributed by atoms with Crippen LogP contribution in [0.4, 0.5) is 0 Å². The maximum absolute atomic E-state index is 10.8. The van der Waals surface area contributed by atoms with Crippen LogP contribution < -0.4 is 31.4 Å². The first-order valence-corrected chi connectivity index (χ1v) is 5.52. The molecule has 20 nitrogen and oxygen atoms in total. The SMILES string of the molecule is [O-][NH+](O)C(COOCC([NH+]([O-])O)([NH+]([O-])O)[NH+]([O-])O)([NH+]([O-])O)[NH+]([O-])O. The molecule has 0 radical (unpaired) electrons. The summed E-state index contributed by atoms with van der Waals surface area (Å²) in [5.41, 5.74) is 0. The number of rotatable bonds is 11. The van der Waals surface area contributed by atoms with E-state index in [0.29, 0.717) is 0 Å². The van der Waals surface area contributed by atoms with Crippen LogP contribution >= 0.6 is 0 Å². The lowest BCUT2D eigenvalue weighted by molar-refractivity contribution is -1.43. The van der Waals surface area contributed by atoms with E-state index in [2.05, 4.69) is 9.78 Å². The van der Waals surface area contributed by atoms with E-state index in [1.54, 1.807) is 0 Å². The molecule has 0 saturated heterocycles. The summed E-state index contributed by atoms with van der Waals surface area (Å²) in [6, 6.07) is 0. The average Bonchev–Trinajstić information content (AvgIpc) is 2.40. The molecule has 0 saturated carbocycles. The zero-order chi connectivity index (χ0) is 19.3. The molecule has 146 valence electrons. The second-order valence-electron chi connectivity index (χ2n) is 4.17. The van der Waals surface area contributed by atoms with E-state index in [9.17, 15) is 31.2 Å². The summed E-state index contributed by atoms with van der Waals surface area (Å²) >= 11 is 0. The number of nitrogens with one attached hydrogen (secondary N) is 6. The molecule has 0 aromatic carbocycles. The lowest BCUT2D eigenvalue weighted by Gasteiger charge is -2.41. The Morgan fingerprint density at radius 2 is 0.667 bits per heavy atom. The third-order valence-corrected chi connectivity index (χ3v) is 2.82. The van der Waals surface area contributed by atoms with Crippen LogP contribution in [0.3, 0.4) is 0 Å². The van der Waals surface area contributed by atoms with Crippen molar-refractivity contribution in [3.63, 3.8) is 0 Å². The normalized spacial score (nSPS) is 25.0. The third-order valence-electron chi connectivity index (χ3n) is 2.82. The monoisotopic (exact) mass is 372 g/mol. The van der Waals surface area contributed by atoms with E-state index in [-0.39, 0.29) is 0 Å². The van der Waals surface area contributed by atoms with Crippen LogP contribution in [-0.2, 0) is 9.78 Å². The fraction of sp³-hybridized carbons (Fsp3) is 1.00. The van der Waals surface area contributed by atoms with Gasteiger partial charge >= 0.3 is 11.6 Å². The Kier molecular flexibility index (Phi) is 8.75. The first-order valence-electron chi connectivity index (χ1n) is 5.52. The maximum atomic E-state index is 10.8. The lowest BCUT2D eigenvalue weighted by Crippen LogP contribution is -3.54. The molecule has 0 aromatic heterocycles.